The molecule has 1 heterocycles. The second kappa shape index (κ2) is 6.96. The Bertz CT molecular complexity index is 495. The lowest BCUT2D eigenvalue weighted by Crippen LogP contribution is -2.33. The van der Waals surface area contributed by atoms with Crippen LogP contribution in [0.15, 0.2) is 18.2 Å². The van der Waals surface area contributed by atoms with Gasteiger partial charge in [-0.05, 0) is 50.4 Å². The van der Waals surface area contributed by atoms with Gasteiger partial charge in [0.05, 0.1) is 0 Å². The van der Waals surface area contributed by atoms with Gasteiger partial charge < -0.3 is 10.0 Å². The molecule has 2 rings (SSSR count). The largest absolute Gasteiger partial charge is 0.418 e. The minimum atomic E-state index is -4.86. The number of benzene rings is 1. The van der Waals surface area contributed by atoms with Crippen molar-refractivity contribution in [1.29, 1.82) is 0 Å². The fraction of sp³-hybridized carbons (Fsp3) is 0.625. The van der Waals surface area contributed by atoms with Crippen LogP contribution in [-0.2, 0) is 0 Å². The van der Waals surface area contributed by atoms with Gasteiger partial charge in [0.25, 0.3) is 0 Å². The van der Waals surface area contributed by atoms with E-state index in [2.05, 4.69) is 11.8 Å². The summed E-state index contributed by atoms with van der Waals surface area (Å²) in [7, 11) is 0. The molecule has 0 bridgehead atoms. The Morgan fingerprint density at radius 3 is 2.45 bits per heavy atom. The van der Waals surface area contributed by atoms with Gasteiger partial charge in [0.15, 0.2) is 6.10 Å². The van der Waals surface area contributed by atoms with E-state index < -0.39 is 23.7 Å². The molecule has 0 amide bonds. The maximum Gasteiger partial charge on any atom is 0.418 e. The number of hydrogen-bond acceptors (Lipinski definition) is 2. The van der Waals surface area contributed by atoms with Gasteiger partial charge in [-0.15, -0.1) is 0 Å². The van der Waals surface area contributed by atoms with Crippen molar-refractivity contribution in [2.45, 2.75) is 44.4 Å². The van der Waals surface area contributed by atoms with Crippen molar-refractivity contribution in [3.63, 3.8) is 0 Å². The second-order valence-electron chi connectivity index (χ2n) is 5.81. The predicted octanol–water partition coefficient (Wildman–Crippen LogP) is 4.01. The molecule has 1 aromatic carbocycles. The molecule has 6 heteroatoms. The van der Waals surface area contributed by atoms with Gasteiger partial charge in [0, 0.05) is 5.56 Å². The van der Waals surface area contributed by atoms with Crippen LogP contribution in [0.25, 0.3) is 0 Å². The van der Waals surface area contributed by atoms with Gasteiger partial charge in [-0.3, -0.25) is 0 Å². The van der Waals surface area contributed by atoms with Crippen molar-refractivity contribution in [2.24, 2.45) is 0 Å². The molecular formula is C16H21F4NO. The smallest absolute Gasteiger partial charge is 0.379 e. The number of rotatable bonds is 4. The molecule has 0 aromatic heterocycles. The maximum absolute atomic E-state index is 14.4. The van der Waals surface area contributed by atoms with Crippen molar-refractivity contribution in [3.8, 4) is 0 Å². The lowest BCUT2D eigenvalue weighted by atomic mass is 9.87. The molecule has 0 radical (unpaired) electrons. The molecule has 0 aliphatic carbocycles. The van der Waals surface area contributed by atoms with E-state index in [1.165, 1.54) is 12.1 Å². The summed E-state index contributed by atoms with van der Waals surface area (Å²) < 4.78 is 52.2. The van der Waals surface area contributed by atoms with Crippen molar-refractivity contribution in [1.82, 2.24) is 4.90 Å². The fourth-order valence-corrected chi connectivity index (χ4v) is 3.06. The highest BCUT2D eigenvalue weighted by molar-refractivity contribution is 5.31. The number of alkyl halides is 3. The SMILES string of the molecule is CCCN1CCC(c2cccc(C(O)C(F)(F)F)c2F)CC1. The zero-order valence-corrected chi connectivity index (χ0v) is 12.5. The normalized spacial score (nSPS) is 19.4. The van der Waals surface area contributed by atoms with Crippen LogP contribution < -0.4 is 0 Å². The van der Waals surface area contributed by atoms with Crippen LogP contribution in [0.1, 0.15) is 49.3 Å². The number of nitrogens with zero attached hydrogens (tertiary/aromatic N) is 1. The number of piperidine rings is 1. The standard InChI is InChI=1S/C16H21F4NO/c1-2-8-21-9-6-11(7-10-21)12-4-3-5-13(14(12)17)15(22)16(18,19)20/h3-5,11,15,22H,2,6-10H2,1H3. The number of likely N-dealkylation sites (tertiary alicyclic amines) is 1. The van der Waals surface area contributed by atoms with E-state index in [1.54, 1.807) is 0 Å². The molecule has 0 saturated carbocycles. The molecule has 22 heavy (non-hydrogen) atoms. The van der Waals surface area contributed by atoms with Crippen molar-refractivity contribution in [2.75, 3.05) is 19.6 Å². The Balaban J connectivity index is 2.16. The van der Waals surface area contributed by atoms with Gasteiger partial charge in [-0.25, -0.2) is 4.39 Å². The van der Waals surface area contributed by atoms with Crippen LogP contribution >= 0.6 is 0 Å². The van der Waals surface area contributed by atoms with Crippen LogP contribution in [-0.4, -0.2) is 35.8 Å². The first-order valence-electron chi connectivity index (χ1n) is 7.60. The van der Waals surface area contributed by atoms with E-state index >= 15 is 0 Å². The average Bonchev–Trinajstić information content (AvgIpc) is 2.47. The molecule has 1 unspecified atom stereocenters. The van der Waals surface area contributed by atoms with Crippen LogP contribution in [0.2, 0.25) is 0 Å². The number of aliphatic hydroxyl groups excluding tert-OH is 1. The number of aliphatic hydroxyl groups is 1. The minimum absolute atomic E-state index is 0.0894. The van der Waals surface area contributed by atoms with Crippen LogP contribution in [0, 0.1) is 5.82 Å². The quantitative estimate of drug-likeness (QED) is 0.848. The van der Waals surface area contributed by atoms with Crippen molar-refractivity contribution >= 4 is 0 Å². The second-order valence-corrected chi connectivity index (χ2v) is 5.81. The first-order chi connectivity index (χ1) is 10.3. The zero-order valence-electron chi connectivity index (χ0n) is 12.5. The Morgan fingerprint density at radius 1 is 1.27 bits per heavy atom. The van der Waals surface area contributed by atoms with Crippen LogP contribution in [0.3, 0.4) is 0 Å². The molecule has 0 spiro atoms. The number of hydrogen-bond donors (Lipinski definition) is 1. The molecular weight excluding hydrogens is 298 g/mol. The van der Waals surface area contributed by atoms with Crippen molar-refractivity contribution in [3.05, 3.63) is 35.1 Å². The highest BCUT2D eigenvalue weighted by Gasteiger charge is 2.41. The van der Waals surface area contributed by atoms with Gasteiger partial charge in [0.1, 0.15) is 5.82 Å². The summed E-state index contributed by atoms with van der Waals surface area (Å²) in [6, 6.07) is 3.92. The maximum atomic E-state index is 14.4. The Morgan fingerprint density at radius 2 is 1.91 bits per heavy atom. The Labute approximate surface area is 127 Å². The van der Waals surface area contributed by atoms with E-state index in [-0.39, 0.29) is 11.5 Å². The summed E-state index contributed by atoms with van der Waals surface area (Å²) in [5.41, 5.74) is -0.391. The van der Waals surface area contributed by atoms with Gasteiger partial charge in [-0.1, -0.05) is 25.1 Å². The molecule has 1 aliphatic heterocycles. The molecule has 1 atom stereocenters. The Kier molecular flexibility index (Phi) is 5.45. The Hall–Kier alpha value is -1.14. The molecule has 124 valence electrons. The van der Waals surface area contributed by atoms with Gasteiger partial charge >= 0.3 is 6.18 Å². The number of halogens is 4. The predicted molar refractivity (Wildman–Crippen MR) is 76.1 cm³/mol. The third-order valence-corrected chi connectivity index (χ3v) is 4.23. The zero-order chi connectivity index (χ0) is 16.3. The van der Waals surface area contributed by atoms with Crippen molar-refractivity contribution < 1.29 is 22.7 Å². The van der Waals surface area contributed by atoms with E-state index in [4.69, 9.17) is 0 Å². The average molecular weight is 319 g/mol. The third kappa shape index (κ3) is 3.79. The summed E-state index contributed by atoms with van der Waals surface area (Å²) in [6.45, 7) is 4.73. The fourth-order valence-electron chi connectivity index (χ4n) is 3.06. The van der Waals surface area contributed by atoms with E-state index in [1.807, 2.05) is 0 Å². The van der Waals surface area contributed by atoms with E-state index in [0.717, 1.165) is 45.0 Å². The summed E-state index contributed by atoms with van der Waals surface area (Å²) in [4.78, 5) is 2.28. The lowest BCUT2D eigenvalue weighted by Gasteiger charge is -2.32. The summed E-state index contributed by atoms with van der Waals surface area (Å²) in [6.07, 6.45) is -5.13. The summed E-state index contributed by atoms with van der Waals surface area (Å²) >= 11 is 0. The van der Waals surface area contributed by atoms with E-state index in [9.17, 15) is 22.7 Å². The molecule has 2 nitrogen and oxygen atoms in total. The molecule has 1 aliphatic rings. The summed E-state index contributed by atoms with van der Waals surface area (Å²) in [5, 5.41) is 9.30. The topological polar surface area (TPSA) is 23.5 Å². The van der Waals surface area contributed by atoms with Crippen LogP contribution in [0.4, 0.5) is 17.6 Å². The molecule has 1 N–H and O–H groups in total. The lowest BCUT2D eigenvalue weighted by molar-refractivity contribution is -0.207. The van der Waals surface area contributed by atoms with Gasteiger partial charge in [0.2, 0.25) is 0 Å². The first-order valence-corrected chi connectivity index (χ1v) is 7.60. The molecule has 1 fully saturated rings. The monoisotopic (exact) mass is 319 g/mol. The third-order valence-electron chi connectivity index (χ3n) is 4.23. The highest BCUT2D eigenvalue weighted by Crippen LogP contribution is 2.37. The first kappa shape index (κ1) is 17.2. The highest BCUT2D eigenvalue weighted by atomic mass is 19.4. The molecule has 1 saturated heterocycles. The molecule has 1 aromatic rings. The van der Waals surface area contributed by atoms with Crippen LogP contribution in [0.5, 0.6) is 0 Å². The van der Waals surface area contributed by atoms with Gasteiger partial charge in [-0.2, -0.15) is 13.2 Å². The minimum Gasteiger partial charge on any atom is -0.379 e. The van der Waals surface area contributed by atoms with E-state index in [0.29, 0.717) is 0 Å². The summed E-state index contributed by atoms with van der Waals surface area (Å²) in [5.74, 6) is -1.00.